The van der Waals surface area contributed by atoms with Crippen molar-refractivity contribution in [3.63, 3.8) is 0 Å². The summed E-state index contributed by atoms with van der Waals surface area (Å²) in [7, 11) is 1.28. The molecule has 0 spiro atoms. The molecule has 3 rings (SSSR count). The maximum Gasteiger partial charge on any atom is 0.343 e. The first kappa shape index (κ1) is 21.0. The van der Waals surface area contributed by atoms with Gasteiger partial charge in [0, 0.05) is 16.8 Å². The van der Waals surface area contributed by atoms with E-state index in [1.165, 1.54) is 25.3 Å². The fourth-order valence-electron chi connectivity index (χ4n) is 2.90. The van der Waals surface area contributed by atoms with E-state index in [-0.39, 0.29) is 18.2 Å². The van der Waals surface area contributed by atoms with Crippen molar-refractivity contribution in [2.75, 3.05) is 13.7 Å². The van der Waals surface area contributed by atoms with E-state index < -0.39 is 5.97 Å². The van der Waals surface area contributed by atoms with Gasteiger partial charge in [0.25, 0.3) is 0 Å². The Morgan fingerprint density at radius 1 is 1.07 bits per heavy atom. The smallest absolute Gasteiger partial charge is 0.343 e. The van der Waals surface area contributed by atoms with E-state index in [1.807, 2.05) is 13.8 Å². The minimum Gasteiger partial charge on any atom is -0.482 e. The van der Waals surface area contributed by atoms with Crippen molar-refractivity contribution in [3.05, 3.63) is 82.9 Å². The number of aromatic nitrogens is 2. The maximum absolute atomic E-state index is 13.2. The summed E-state index contributed by atoms with van der Waals surface area (Å²) in [6, 6.07) is 12.5. The molecule has 0 unspecified atom stereocenters. The molecule has 6 nitrogen and oxygen atoms in total. The molecule has 0 saturated heterocycles. The lowest BCUT2D eigenvalue weighted by molar-refractivity contribution is -0.142. The molecule has 0 N–H and O–H groups in total. The van der Waals surface area contributed by atoms with Gasteiger partial charge in [-0.2, -0.15) is 5.10 Å². The largest absolute Gasteiger partial charge is 0.482 e. The van der Waals surface area contributed by atoms with Gasteiger partial charge in [0.05, 0.1) is 18.5 Å². The molecule has 1 aromatic heterocycles. The van der Waals surface area contributed by atoms with Crippen molar-refractivity contribution >= 4 is 17.8 Å². The van der Waals surface area contributed by atoms with Crippen molar-refractivity contribution in [3.8, 4) is 11.4 Å². The van der Waals surface area contributed by atoms with Crippen LogP contribution in [0.3, 0.4) is 0 Å². The number of allylic oxidation sites excluding steroid dienone is 1. The molecular formula is C23H21FN2O4. The highest BCUT2D eigenvalue weighted by molar-refractivity contribution is 6.07. The summed E-state index contributed by atoms with van der Waals surface area (Å²) in [5.41, 5.74) is 3.65. The molecule has 2 aromatic carbocycles. The van der Waals surface area contributed by atoms with Crippen LogP contribution in [0.1, 0.15) is 27.3 Å². The Hall–Kier alpha value is -3.74. The predicted octanol–water partition coefficient (Wildman–Crippen LogP) is 4.08. The minimum atomic E-state index is -0.481. The van der Waals surface area contributed by atoms with Crippen LogP contribution in [0, 0.1) is 19.7 Å². The number of hydrogen-bond acceptors (Lipinski definition) is 5. The standard InChI is InChI=1S/C23H21FN2O4/c1-15-21(16(2)26(25-15)19-8-6-18(24)7-9-19)12-13-22(27)17-4-10-20(11-5-17)30-14-23(28)29-3/h4-13H,14H2,1-3H3. The molecule has 3 aromatic rings. The average molecular weight is 408 g/mol. The van der Waals surface area contributed by atoms with Gasteiger partial charge in [0.1, 0.15) is 11.6 Å². The second-order valence-corrected chi connectivity index (χ2v) is 6.56. The topological polar surface area (TPSA) is 70.4 Å². The van der Waals surface area contributed by atoms with Crippen LogP contribution in [0.4, 0.5) is 4.39 Å². The molecule has 7 heteroatoms. The molecule has 0 aliphatic heterocycles. The fourth-order valence-corrected chi connectivity index (χ4v) is 2.90. The van der Waals surface area contributed by atoms with Crippen LogP contribution in [0.2, 0.25) is 0 Å². The number of halogens is 1. The van der Waals surface area contributed by atoms with E-state index in [0.29, 0.717) is 11.3 Å². The molecule has 0 atom stereocenters. The van der Waals surface area contributed by atoms with Crippen molar-refractivity contribution in [1.82, 2.24) is 9.78 Å². The molecule has 0 fully saturated rings. The van der Waals surface area contributed by atoms with Gasteiger partial charge in [-0.3, -0.25) is 4.79 Å². The van der Waals surface area contributed by atoms with Crippen LogP contribution in [0.5, 0.6) is 5.75 Å². The van der Waals surface area contributed by atoms with Gasteiger partial charge >= 0.3 is 5.97 Å². The first-order chi connectivity index (χ1) is 14.4. The highest BCUT2D eigenvalue weighted by Gasteiger charge is 2.12. The molecule has 0 bridgehead atoms. The summed E-state index contributed by atoms with van der Waals surface area (Å²) in [6.07, 6.45) is 3.21. The molecule has 0 amide bonds. The summed E-state index contributed by atoms with van der Waals surface area (Å²) >= 11 is 0. The van der Waals surface area contributed by atoms with E-state index >= 15 is 0 Å². The summed E-state index contributed by atoms with van der Waals surface area (Å²) in [5, 5.41) is 4.49. The first-order valence-corrected chi connectivity index (χ1v) is 9.23. The summed E-state index contributed by atoms with van der Waals surface area (Å²) in [4.78, 5) is 23.6. The van der Waals surface area contributed by atoms with Crippen LogP contribution in [-0.2, 0) is 9.53 Å². The Labute approximate surface area is 173 Å². The second kappa shape index (κ2) is 9.17. The Kier molecular flexibility index (Phi) is 6.41. The number of methoxy groups -OCH3 is 1. The zero-order valence-corrected chi connectivity index (χ0v) is 16.9. The quantitative estimate of drug-likeness (QED) is 0.335. The Morgan fingerprint density at radius 3 is 2.37 bits per heavy atom. The number of carbonyl (C=O) groups is 2. The number of ketones is 1. The van der Waals surface area contributed by atoms with E-state index in [4.69, 9.17) is 4.74 Å². The Morgan fingerprint density at radius 2 is 1.73 bits per heavy atom. The molecule has 0 saturated carbocycles. The zero-order valence-electron chi connectivity index (χ0n) is 16.9. The third kappa shape index (κ3) is 4.81. The fraction of sp³-hybridized carbons (Fsp3) is 0.174. The van der Waals surface area contributed by atoms with E-state index in [2.05, 4.69) is 9.84 Å². The summed E-state index contributed by atoms with van der Waals surface area (Å²) < 4.78 is 24.7. The number of benzene rings is 2. The van der Waals surface area contributed by atoms with Crippen molar-refractivity contribution in [1.29, 1.82) is 0 Å². The monoisotopic (exact) mass is 408 g/mol. The lowest BCUT2D eigenvalue weighted by Crippen LogP contribution is -2.12. The number of esters is 1. The maximum atomic E-state index is 13.2. The third-order valence-electron chi connectivity index (χ3n) is 4.54. The van der Waals surface area contributed by atoms with Crippen molar-refractivity contribution in [2.24, 2.45) is 0 Å². The van der Waals surface area contributed by atoms with Crippen LogP contribution < -0.4 is 4.74 Å². The van der Waals surface area contributed by atoms with Gasteiger partial charge in [-0.15, -0.1) is 0 Å². The molecule has 30 heavy (non-hydrogen) atoms. The summed E-state index contributed by atoms with van der Waals surface area (Å²) in [6.45, 7) is 3.55. The van der Waals surface area contributed by atoms with Gasteiger partial charge in [-0.1, -0.05) is 0 Å². The third-order valence-corrected chi connectivity index (χ3v) is 4.54. The summed E-state index contributed by atoms with van der Waals surface area (Å²) in [5.74, 6) is -0.506. The highest BCUT2D eigenvalue weighted by atomic mass is 19.1. The van der Waals surface area contributed by atoms with Crippen LogP contribution in [0.15, 0.2) is 54.6 Å². The van der Waals surface area contributed by atoms with Gasteiger partial charge in [0.2, 0.25) is 0 Å². The van der Waals surface area contributed by atoms with Gasteiger partial charge in [-0.05, 0) is 74.5 Å². The van der Waals surface area contributed by atoms with E-state index in [0.717, 1.165) is 22.6 Å². The number of ether oxygens (including phenoxy) is 2. The number of rotatable bonds is 7. The Bertz CT molecular complexity index is 1080. The van der Waals surface area contributed by atoms with Crippen LogP contribution in [-0.4, -0.2) is 35.2 Å². The van der Waals surface area contributed by atoms with Gasteiger partial charge < -0.3 is 9.47 Å². The minimum absolute atomic E-state index is 0.178. The molecular weight excluding hydrogens is 387 g/mol. The normalized spacial score (nSPS) is 10.9. The number of carbonyl (C=O) groups excluding carboxylic acids is 2. The SMILES string of the molecule is COC(=O)COc1ccc(C(=O)C=Cc2c(C)nn(-c3ccc(F)cc3)c2C)cc1. The molecule has 154 valence electrons. The lowest BCUT2D eigenvalue weighted by atomic mass is 10.1. The number of hydrogen-bond donors (Lipinski definition) is 0. The number of nitrogens with zero attached hydrogens (tertiary/aromatic N) is 2. The van der Waals surface area contributed by atoms with Crippen molar-refractivity contribution < 1.29 is 23.5 Å². The Balaban J connectivity index is 1.73. The predicted molar refractivity (Wildman–Crippen MR) is 110 cm³/mol. The lowest BCUT2D eigenvalue weighted by Gasteiger charge is -2.05. The van der Waals surface area contributed by atoms with E-state index in [9.17, 15) is 14.0 Å². The van der Waals surface area contributed by atoms with Crippen LogP contribution in [0.25, 0.3) is 11.8 Å². The molecule has 0 aliphatic rings. The van der Waals surface area contributed by atoms with Gasteiger partial charge in [-0.25, -0.2) is 13.9 Å². The molecule has 1 heterocycles. The first-order valence-electron chi connectivity index (χ1n) is 9.23. The van der Waals surface area contributed by atoms with E-state index in [1.54, 1.807) is 47.2 Å². The molecule has 0 aliphatic carbocycles. The van der Waals surface area contributed by atoms with Crippen LogP contribution >= 0.6 is 0 Å². The van der Waals surface area contributed by atoms with Crippen molar-refractivity contribution in [2.45, 2.75) is 13.8 Å². The average Bonchev–Trinajstić information content (AvgIpc) is 3.04. The van der Waals surface area contributed by atoms with Gasteiger partial charge in [0.15, 0.2) is 12.4 Å². The highest BCUT2D eigenvalue weighted by Crippen LogP contribution is 2.20. The second-order valence-electron chi connectivity index (χ2n) is 6.56. The zero-order chi connectivity index (χ0) is 21.7. The number of aryl methyl sites for hydroxylation is 1. The molecule has 0 radical (unpaired) electrons.